The van der Waals surface area contributed by atoms with Crippen LogP contribution in [0.3, 0.4) is 0 Å². The number of aliphatic hydroxyl groups is 1. The van der Waals surface area contributed by atoms with E-state index in [0.29, 0.717) is 4.90 Å². The van der Waals surface area contributed by atoms with Crippen LogP contribution in [0.2, 0.25) is 0 Å². The summed E-state index contributed by atoms with van der Waals surface area (Å²) in [7, 11) is -3.50. The summed E-state index contributed by atoms with van der Waals surface area (Å²) in [6.07, 6.45) is 1.85. The van der Waals surface area contributed by atoms with Crippen molar-refractivity contribution in [2.24, 2.45) is 0 Å². The zero-order valence-electron chi connectivity index (χ0n) is 10.9. The standard InChI is InChI=1S/C11H19NO3S3/c1-7-5-11(9(3)17-7)18(14,15)12-8(2)10(6-13)16-4/h5,8,10,12-13H,6H2,1-4H3. The first kappa shape index (κ1) is 16.0. The molecule has 0 bridgehead atoms. The van der Waals surface area contributed by atoms with Crippen molar-refractivity contribution in [3.05, 3.63) is 15.8 Å². The molecule has 2 unspecified atom stereocenters. The highest BCUT2D eigenvalue weighted by Gasteiger charge is 2.25. The topological polar surface area (TPSA) is 66.4 Å². The van der Waals surface area contributed by atoms with Crippen LogP contribution in [0.25, 0.3) is 0 Å². The maximum atomic E-state index is 12.2. The Bertz CT molecular complexity index is 492. The molecule has 0 fully saturated rings. The number of aliphatic hydroxyl groups excluding tert-OH is 1. The second-order valence-electron chi connectivity index (χ2n) is 4.14. The van der Waals surface area contributed by atoms with Crippen LogP contribution in [0.1, 0.15) is 16.7 Å². The van der Waals surface area contributed by atoms with Gasteiger partial charge < -0.3 is 5.11 Å². The third kappa shape index (κ3) is 3.71. The van der Waals surface area contributed by atoms with E-state index in [1.807, 2.05) is 13.2 Å². The van der Waals surface area contributed by atoms with Crippen molar-refractivity contribution in [3.63, 3.8) is 0 Å². The van der Waals surface area contributed by atoms with Crippen LogP contribution in [0.4, 0.5) is 0 Å². The molecule has 0 amide bonds. The van der Waals surface area contributed by atoms with Gasteiger partial charge in [0.05, 0.1) is 11.5 Å². The molecule has 7 heteroatoms. The lowest BCUT2D eigenvalue weighted by Gasteiger charge is -2.21. The highest BCUT2D eigenvalue weighted by atomic mass is 32.2. The van der Waals surface area contributed by atoms with Crippen molar-refractivity contribution in [1.82, 2.24) is 4.72 Å². The minimum Gasteiger partial charge on any atom is -0.395 e. The summed E-state index contributed by atoms with van der Waals surface area (Å²) in [5, 5.41) is 9.03. The summed E-state index contributed by atoms with van der Waals surface area (Å²) >= 11 is 2.92. The summed E-state index contributed by atoms with van der Waals surface area (Å²) in [5.74, 6) is 0. The molecule has 0 aliphatic carbocycles. The number of hydrogen-bond acceptors (Lipinski definition) is 5. The molecule has 1 rings (SSSR count). The van der Waals surface area contributed by atoms with Crippen LogP contribution in [-0.4, -0.2) is 37.7 Å². The van der Waals surface area contributed by atoms with Crippen molar-refractivity contribution in [1.29, 1.82) is 0 Å². The molecule has 0 aromatic carbocycles. The molecule has 0 saturated heterocycles. The highest BCUT2D eigenvalue weighted by Crippen LogP contribution is 2.25. The largest absolute Gasteiger partial charge is 0.395 e. The quantitative estimate of drug-likeness (QED) is 0.840. The fourth-order valence-electron chi connectivity index (χ4n) is 1.70. The predicted molar refractivity (Wildman–Crippen MR) is 78.0 cm³/mol. The third-order valence-electron chi connectivity index (χ3n) is 2.67. The van der Waals surface area contributed by atoms with Gasteiger partial charge in [-0.15, -0.1) is 11.3 Å². The van der Waals surface area contributed by atoms with Gasteiger partial charge in [-0.1, -0.05) is 0 Å². The van der Waals surface area contributed by atoms with E-state index in [2.05, 4.69) is 4.72 Å². The van der Waals surface area contributed by atoms with Gasteiger partial charge in [-0.05, 0) is 33.1 Å². The monoisotopic (exact) mass is 309 g/mol. The van der Waals surface area contributed by atoms with Gasteiger partial charge in [0, 0.05) is 21.0 Å². The predicted octanol–water partition coefficient (Wildman–Crippen LogP) is 1.76. The summed E-state index contributed by atoms with van der Waals surface area (Å²) in [6, 6.07) is 1.37. The minimum atomic E-state index is -3.50. The van der Waals surface area contributed by atoms with Crippen LogP contribution >= 0.6 is 23.1 Å². The average Bonchev–Trinajstić information content (AvgIpc) is 2.59. The maximum Gasteiger partial charge on any atom is 0.241 e. The molecule has 1 aromatic rings. The average molecular weight is 309 g/mol. The first-order valence-corrected chi connectivity index (χ1v) is 9.13. The van der Waals surface area contributed by atoms with Crippen LogP contribution in [0.15, 0.2) is 11.0 Å². The van der Waals surface area contributed by atoms with Crippen LogP contribution < -0.4 is 4.72 Å². The molecule has 2 atom stereocenters. The Kier molecular flexibility index (Phi) is 5.67. The first-order valence-electron chi connectivity index (χ1n) is 5.54. The van der Waals surface area contributed by atoms with Crippen molar-refractivity contribution >= 4 is 33.1 Å². The van der Waals surface area contributed by atoms with Gasteiger partial charge in [0.25, 0.3) is 0 Å². The second-order valence-corrected chi connectivity index (χ2v) is 8.36. The molecule has 1 aromatic heterocycles. The van der Waals surface area contributed by atoms with Gasteiger partial charge in [0.15, 0.2) is 0 Å². The molecular formula is C11H19NO3S3. The van der Waals surface area contributed by atoms with Gasteiger partial charge in [0.2, 0.25) is 10.0 Å². The van der Waals surface area contributed by atoms with E-state index in [1.165, 1.54) is 23.1 Å². The molecule has 18 heavy (non-hydrogen) atoms. The van der Waals surface area contributed by atoms with Gasteiger partial charge >= 0.3 is 0 Å². The fourth-order valence-corrected chi connectivity index (χ4v) is 5.25. The number of aryl methyl sites for hydroxylation is 2. The smallest absolute Gasteiger partial charge is 0.241 e. The molecule has 0 saturated carbocycles. The fraction of sp³-hybridized carbons (Fsp3) is 0.636. The lowest BCUT2D eigenvalue weighted by Crippen LogP contribution is -2.41. The van der Waals surface area contributed by atoms with E-state index in [-0.39, 0.29) is 17.9 Å². The number of thioether (sulfide) groups is 1. The molecule has 4 nitrogen and oxygen atoms in total. The zero-order valence-corrected chi connectivity index (χ0v) is 13.4. The normalized spacial score (nSPS) is 15.6. The number of sulfonamides is 1. The number of hydrogen-bond donors (Lipinski definition) is 2. The van der Waals surface area contributed by atoms with Crippen molar-refractivity contribution in [3.8, 4) is 0 Å². The minimum absolute atomic E-state index is 0.0491. The Morgan fingerprint density at radius 3 is 2.50 bits per heavy atom. The Balaban J connectivity index is 2.92. The Morgan fingerprint density at radius 2 is 2.11 bits per heavy atom. The lowest BCUT2D eigenvalue weighted by molar-refractivity contribution is 0.282. The summed E-state index contributed by atoms with van der Waals surface area (Å²) in [6.45, 7) is 5.41. The molecular weight excluding hydrogens is 290 g/mol. The highest BCUT2D eigenvalue weighted by molar-refractivity contribution is 7.99. The summed E-state index contributed by atoms with van der Waals surface area (Å²) < 4.78 is 27.1. The van der Waals surface area contributed by atoms with Crippen molar-refractivity contribution in [2.45, 2.75) is 37.0 Å². The van der Waals surface area contributed by atoms with E-state index < -0.39 is 10.0 Å². The van der Waals surface area contributed by atoms with Gasteiger partial charge in [-0.2, -0.15) is 11.8 Å². The Hall–Kier alpha value is -0.0800. The molecule has 104 valence electrons. The summed E-state index contributed by atoms with van der Waals surface area (Å²) in [5.41, 5.74) is 0. The molecule has 0 spiro atoms. The van der Waals surface area contributed by atoms with Crippen LogP contribution in [0, 0.1) is 13.8 Å². The first-order chi connectivity index (χ1) is 8.31. The Morgan fingerprint density at radius 1 is 1.50 bits per heavy atom. The van der Waals surface area contributed by atoms with E-state index in [9.17, 15) is 8.42 Å². The molecule has 0 aliphatic rings. The van der Waals surface area contributed by atoms with Crippen LogP contribution in [0.5, 0.6) is 0 Å². The lowest BCUT2D eigenvalue weighted by atomic mass is 10.3. The third-order valence-corrected chi connectivity index (χ3v) is 6.61. The molecule has 2 N–H and O–H groups in total. The van der Waals surface area contributed by atoms with Gasteiger partial charge in [0.1, 0.15) is 0 Å². The van der Waals surface area contributed by atoms with Crippen LogP contribution in [-0.2, 0) is 10.0 Å². The molecule has 0 aliphatic heterocycles. The van der Waals surface area contributed by atoms with Crippen molar-refractivity contribution in [2.75, 3.05) is 12.9 Å². The summed E-state index contributed by atoms with van der Waals surface area (Å²) in [4.78, 5) is 2.11. The molecule has 0 radical (unpaired) electrons. The number of nitrogens with one attached hydrogen (secondary N) is 1. The van der Waals surface area contributed by atoms with Gasteiger partial charge in [-0.3, -0.25) is 0 Å². The maximum absolute atomic E-state index is 12.2. The van der Waals surface area contributed by atoms with E-state index in [0.717, 1.165) is 9.75 Å². The second kappa shape index (κ2) is 6.38. The molecule has 1 heterocycles. The van der Waals surface area contributed by atoms with E-state index >= 15 is 0 Å². The number of rotatable bonds is 6. The number of thiophene rings is 1. The Labute approximate surface area is 117 Å². The zero-order chi connectivity index (χ0) is 13.9. The SMILES string of the molecule is CSC(CO)C(C)NS(=O)(=O)c1cc(C)sc1C. The van der Waals surface area contributed by atoms with E-state index in [1.54, 1.807) is 19.9 Å². The van der Waals surface area contributed by atoms with E-state index in [4.69, 9.17) is 5.11 Å². The van der Waals surface area contributed by atoms with Crippen molar-refractivity contribution < 1.29 is 13.5 Å². The van der Waals surface area contributed by atoms with Gasteiger partial charge in [-0.25, -0.2) is 13.1 Å².